The number of thiazole rings is 1. The molecule has 1 heterocycles. The maximum absolute atomic E-state index is 14.4. The van der Waals surface area contributed by atoms with Crippen molar-refractivity contribution in [1.82, 2.24) is 4.98 Å². The maximum Gasteiger partial charge on any atom is 0.165 e. The van der Waals surface area contributed by atoms with Crippen molar-refractivity contribution in [2.75, 3.05) is 6.61 Å². The van der Waals surface area contributed by atoms with E-state index >= 15 is 0 Å². The van der Waals surface area contributed by atoms with Crippen LogP contribution < -0.4 is 4.74 Å². The predicted octanol–water partition coefficient (Wildman–Crippen LogP) is 6.64. The van der Waals surface area contributed by atoms with Crippen molar-refractivity contribution < 1.29 is 13.5 Å². The molecule has 0 aliphatic heterocycles. The molecule has 28 heavy (non-hydrogen) atoms. The van der Waals surface area contributed by atoms with E-state index in [2.05, 4.69) is 4.98 Å². The zero-order chi connectivity index (χ0) is 19.3. The number of benzene rings is 2. The number of aromatic nitrogens is 1. The third-order valence-electron chi connectivity index (χ3n) is 5.24. The molecule has 0 saturated heterocycles. The summed E-state index contributed by atoms with van der Waals surface area (Å²) in [7, 11) is 0. The number of nitrogens with zero attached hydrogens (tertiary/aromatic N) is 1. The average molecular weight is 400 g/mol. The molecule has 1 saturated carbocycles. The second-order valence-electron chi connectivity index (χ2n) is 7.39. The van der Waals surface area contributed by atoms with Crippen LogP contribution in [0.5, 0.6) is 5.75 Å². The van der Waals surface area contributed by atoms with Crippen molar-refractivity contribution in [1.29, 1.82) is 0 Å². The quantitative estimate of drug-likeness (QED) is 0.464. The van der Waals surface area contributed by atoms with Crippen LogP contribution in [0.2, 0.25) is 0 Å². The van der Waals surface area contributed by atoms with Gasteiger partial charge in [-0.05, 0) is 60.7 Å². The molecule has 0 spiro atoms. The van der Waals surface area contributed by atoms with Gasteiger partial charge in [0.1, 0.15) is 5.82 Å². The van der Waals surface area contributed by atoms with Crippen LogP contribution in [0.15, 0.2) is 47.8 Å². The molecular formula is C23H23F2NOS. The third-order valence-corrected chi connectivity index (χ3v) is 6.09. The van der Waals surface area contributed by atoms with Crippen molar-refractivity contribution >= 4 is 11.3 Å². The molecule has 1 aliphatic carbocycles. The number of hydrogen-bond donors (Lipinski definition) is 0. The highest BCUT2D eigenvalue weighted by molar-refractivity contribution is 7.10. The molecule has 0 amide bonds. The Hall–Kier alpha value is -2.27. The van der Waals surface area contributed by atoms with E-state index < -0.39 is 0 Å². The van der Waals surface area contributed by atoms with E-state index in [0.717, 1.165) is 21.8 Å². The molecule has 0 atom stereocenters. The Labute approximate surface area is 168 Å². The van der Waals surface area contributed by atoms with Crippen molar-refractivity contribution in [3.8, 4) is 17.0 Å². The van der Waals surface area contributed by atoms with Gasteiger partial charge in [-0.25, -0.2) is 13.8 Å². The molecule has 5 heteroatoms. The molecule has 1 aliphatic rings. The Kier molecular flexibility index (Phi) is 6.01. The predicted molar refractivity (Wildman–Crippen MR) is 109 cm³/mol. The first-order chi connectivity index (χ1) is 13.7. The number of hydrogen-bond acceptors (Lipinski definition) is 3. The molecule has 0 unspecified atom stereocenters. The Morgan fingerprint density at radius 2 is 1.79 bits per heavy atom. The van der Waals surface area contributed by atoms with Gasteiger partial charge in [-0.1, -0.05) is 25.3 Å². The summed E-state index contributed by atoms with van der Waals surface area (Å²) < 4.78 is 33.2. The number of rotatable bonds is 6. The summed E-state index contributed by atoms with van der Waals surface area (Å²) in [6.07, 6.45) is 6.73. The smallest absolute Gasteiger partial charge is 0.165 e. The Bertz CT molecular complexity index is 917. The fraction of sp³-hybridized carbons (Fsp3) is 0.348. The molecule has 2 nitrogen and oxygen atoms in total. The van der Waals surface area contributed by atoms with Gasteiger partial charge in [0.05, 0.1) is 17.3 Å². The molecular weight excluding hydrogens is 376 g/mol. The monoisotopic (exact) mass is 399 g/mol. The fourth-order valence-electron chi connectivity index (χ4n) is 3.65. The first kappa shape index (κ1) is 19.1. The molecule has 0 N–H and O–H groups in total. The normalized spacial score (nSPS) is 14.9. The summed E-state index contributed by atoms with van der Waals surface area (Å²) in [5.74, 6) is 0.303. The highest BCUT2D eigenvalue weighted by atomic mass is 32.1. The van der Waals surface area contributed by atoms with Gasteiger partial charge in [0.25, 0.3) is 0 Å². The Balaban J connectivity index is 1.38. The Morgan fingerprint density at radius 3 is 2.54 bits per heavy atom. The van der Waals surface area contributed by atoms with Gasteiger partial charge < -0.3 is 4.74 Å². The van der Waals surface area contributed by atoms with Gasteiger partial charge in [0, 0.05) is 17.4 Å². The fourth-order valence-corrected chi connectivity index (χ4v) is 4.49. The van der Waals surface area contributed by atoms with Crippen molar-refractivity contribution in [2.45, 2.75) is 38.5 Å². The topological polar surface area (TPSA) is 22.1 Å². The zero-order valence-corrected chi connectivity index (χ0v) is 16.5. The van der Waals surface area contributed by atoms with E-state index in [9.17, 15) is 8.78 Å². The average Bonchev–Trinajstić information content (AvgIpc) is 3.17. The molecule has 0 radical (unpaired) electrons. The minimum atomic E-state index is -0.316. The van der Waals surface area contributed by atoms with Crippen LogP contribution in [0, 0.1) is 17.6 Å². The highest BCUT2D eigenvalue weighted by Gasteiger charge is 2.15. The van der Waals surface area contributed by atoms with E-state index in [1.54, 1.807) is 18.2 Å². The summed E-state index contributed by atoms with van der Waals surface area (Å²) in [6.45, 7) is 0.601. The van der Waals surface area contributed by atoms with E-state index in [4.69, 9.17) is 4.74 Å². The lowest BCUT2D eigenvalue weighted by Crippen LogP contribution is -2.15. The van der Waals surface area contributed by atoms with Crippen LogP contribution >= 0.6 is 11.3 Å². The number of halogens is 2. The van der Waals surface area contributed by atoms with Gasteiger partial charge in [-0.2, -0.15) is 0 Å². The highest BCUT2D eigenvalue weighted by Crippen LogP contribution is 2.27. The van der Waals surface area contributed by atoms with Crippen molar-refractivity contribution in [3.63, 3.8) is 0 Å². The SMILES string of the molecule is Fc1ccc(-c2csc(Cc3ccc(OCC4CCCCC4)c(F)c3)n2)cc1. The van der Waals surface area contributed by atoms with Crippen LogP contribution in [0.1, 0.15) is 42.7 Å². The first-order valence-corrected chi connectivity index (χ1v) is 10.7. The maximum atomic E-state index is 14.4. The molecule has 1 fully saturated rings. The molecule has 3 aromatic rings. The largest absolute Gasteiger partial charge is 0.490 e. The minimum Gasteiger partial charge on any atom is -0.490 e. The van der Waals surface area contributed by atoms with Crippen molar-refractivity contribution in [3.05, 3.63) is 70.1 Å². The van der Waals surface area contributed by atoms with Crippen LogP contribution in [0.25, 0.3) is 11.3 Å². The van der Waals surface area contributed by atoms with Gasteiger partial charge in [0.15, 0.2) is 11.6 Å². The van der Waals surface area contributed by atoms with E-state index in [1.165, 1.54) is 61.6 Å². The van der Waals surface area contributed by atoms with E-state index in [1.807, 2.05) is 11.4 Å². The molecule has 4 rings (SSSR count). The first-order valence-electron chi connectivity index (χ1n) is 9.79. The number of ether oxygens (including phenoxy) is 1. The van der Waals surface area contributed by atoms with Gasteiger partial charge in [0.2, 0.25) is 0 Å². The summed E-state index contributed by atoms with van der Waals surface area (Å²) in [4.78, 5) is 4.60. The summed E-state index contributed by atoms with van der Waals surface area (Å²) >= 11 is 1.52. The molecule has 2 aromatic carbocycles. The summed E-state index contributed by atoms with van der Waals surface area (Å²) in [5.41, 5.74) is 2.55. The van der Waals surface area contributed by atoms with Crippen LogP contribution in [-0.4, -0.2) is 11.6 Å². The zero-order valence-electron chi connectivity index (χ0n) is 15.7. The van der Waals surface area contributed by atoms with Crippen LogP contribution in [0.3, 0.4) is 0 Å². The van der Waals surface area contributed by atoms with Gasteiger partial charge in [-0.15, -0.1) is 11.3 Å². The van der Waals surface area contributed by atoms with Crippen molar-refractivity contribution in [2.24, 2.45) is 5.92 Å². The van der Waals surface area contributed by atoms with Gasteiger partial charge >= 0.3 is 0 Å². The Morgan fingerprint density at radius 1 is 1.00 bits per heavy atom. The second-order valence-corrected chi connectivity index (χ2v) is 8.33. The lowest BCUT2D eigenvalue weighted by Gasteiger charge is -2.21. The summed E-state index contributed by atoms with van der Waals surface area (Å²) in [5, 5.41) is 2.84. The van der Waals surface area contributed by atoms with Crippen LogP contribution in [-0.2, 0) is 6.42 Å². The standard InChI is InChI=1S/C23H23F2NOS/c24-19-9-7-18(8-10-19)21-15-28-23(26-21)13-17-6-11-22(20(25)12-17)27-14-16-4-2-1-3-5-16/h6-12,15-16H,1-5,13-14H2. The molecule has 1 aromatic heterocycles. The molecule has 146 valence electrons. The van der Waals surface area contributed by atoms with E-state index in [-0.39, 0.29) is 11.6 Å². The summed E-state index contributed by atoms with van der Waals surface area (Å²) in [6, 6.07) is 11.4. The van der Waals surface area contributed by atoms with E-state index in [0.29, 0.717) is 24.7 Å². The second kappa shape index (κ2) is 8.82. The minimum absolute atomic E-state index is 0.263. The lowest BCUT2D eigenvalue weighted by atomic mass is 9.90. The van der Waals surface area contributed by atoms with Gasteiger partial charge in [-0.3, -0.25) is 0 Å². The third kappa shape index (κ3) is 4.76. The van der Waals surface area contributed by atoms with Crippen LogP contribution in [0.4, 0.5) is 8.78 Å². The lowest BCUT2D eigenvalue weighted by molar-refractivity contribution is 0.202. The molecule has 0 bridgehead atoms.